The molecule has 0 aliphatic carbocycles. The first-order chi connectivity index (χ1) is 13.2. The predicted molar refractivity (Wildman–Crippen MR) is 107 cm³/mol. The Balaban J connectivity index is 1.91. The summed E-state index contributed by atoms with van der Waals surface area (Å²) in [6.45, 7) is 2.03. The van der Waals surface area contributed by atoms with E-state index in [0.717, 1.165) is 28.1 Å². The van der Waals surface area contributed by atoms with Crippen LogP contribution in [-0.2, 0) is 0 Å². The predicted octanol–water partition coefficient (Wildman–Crippen LogP) is 4.87. The Morgan fingerprint density at radius 2 is 1.70 bits per heavy atom. The van der Waals surface area contributed by atoms with Crippen molar-refractivity contribution in [1.29, 1.82) is 0 Å². The van der Waals surface area contributed by atoms with E-state index in [4.69, 9.17) is 14.5 Å². The van der Waals surface area contributed by atoms with Gasteiger partial charge in [-0.3, -0.25) is 9.20 Å². The van der Waals surface area contributed by atoms with Crippen molar-refractivity contribution in [3.05, 3.63) is 59.1 Å². The van der Waals surface area contributed by atoms with E-state index in [1.807, 2.05) is 59.2 Å². The molecule has 6 heteroatoms. The molecule has 4 aromatic rings. The molecule has 0 aliphatic rings. The van der Waals surface area contributed by atoms with Gasteiger partial charge >= 0.3 is 0 Å². The molecule has 0 bridgehead atoms. The maximum Gasteiger partial charge on any atom is 0.195 e. The largest absolute Gasteiger partial charge is 0.493 e. The SMILES string of the molecule is COc1ccc(-c2csc3nc(-c4ccc(C)cc4)c(C=O)n23)cc1OC. The van der Waals surface area contributed by atoms with Gasteiger partial charge in [0.15, 0.2) is 22.7 Å². The summed E-state index contributed by atoms with van der Waals surface area (Å²) in [4.78, 5) is 17.4. The van der Waals surface area contributed by atoms with E-state index in [2.05, 4.69) is 0 Å². The summed E-state index contributed by atoms with van der Waals surface area (Å²) in [5, 5.41) is 2.00. The van der Waals surface area contributed by atoms with E-state index >= 15 is 0 Å². The summed E-state index contributed by atoms with van der Waals surface area (Å²) in [5.74, 6) is 1.30. The Kier molecular flexibility index (Phi) is 4.41. The number of benzene rings is 2. The highest BCUT2D eigenvalue weighted by atomic mass is 32.1. The van der Waals surface area contributed by atoms with E-state index < -0.39 is 0 Å². The van der Waals surface area contributed by atoms with Crippen LogP contribution in [0.4, 0.5) is 0 Å². The monoisotopic (exact) mass is 378 g/mol. The van der Waals surface area contributed by atoms with Crippen molar-refractivity contribution < 1.29 is 14.3 Å². The average molecular weight is 378 g/mol. The topological polar surface area (TPSA) is 52.8 Å². The van der Waals surface area contributed by atoms with Crippen molar-refractivity contribution in [2.45, 2.75) is 6.92 Å². The molecule has 0 amide bonds. The van der Waals surface area contributed by atoms with Crippen LogP contribution in [0.5, 0.6) is 11.5 Å². The number of thiazole rings is 1. The summed E-state index contributed by atoms with van der Waals surface area (Å²) in [6, 6.07) is 13.7. The molecule has 27 heavy (non-hydrogen) atoms. The second kappa shape index (κ2) is 6.89. The van der Waals surface area contributed by atoms with Crippen molar-refractivity contribution >= 4 is 22.6 Å². The Labute approximate surface area is 160 Å². The van der Waals surface area contributed by atoms with Gasteiger partial charge in [-0.25, -0.2) is 4.98 Å². The molecule has 2 aromatic heterocycles. The van der Waals surface area contributed by atoms with Crippen molar-refractivity contribution in [2.75, 3.05) is 14.2 Å². The Bertz CT molecular complexity index is 1130. The van der Waals surface area contributed by atoms with Crippen LogP contribution in [0.1, 0.15) is 16.1 Å². The van der Waals surface area contributed by atoms with E-state index in [9.17, 15) is 4.79 Å². The quantitative estimate of drug-likeness (QED) is 0.465. The van der Waals surface area contributed by atoms with E-state index in [-0.39, 0.29) is 0 Å². The molecule has 2 aromatic carbocycles. The molecule has 0 fully saturated rings. The summed E-state index contributed by atoms with van der Waals surface area (Å²) in [7, 11) is 3.21. The number of rotatable bonds is 5. The van der Waals surface area contributed by atoms with E-state index in [0.29, 0.717) is 22.9 Å². The van der Waals surface area contributed by atoms with Crippen molar-refractivity contribution in [3.63, 3.8) is 0 Å². The molecule has 0 spiro atoms. The van der Waals surface area contributed by atoms with Gasteiger partial charge in [-0.2, -0.15) is 0 Å². The molecule has 0 saturated carbocycles. The number of imidazole rings is 1. The summed E-state index contributed by atoms with van der Waals surface area (Å²) in [5.41, 5.74) is 5.15. The molecule has 0 saturated heterocycles. The minimum atomic E-state index is 0.542. The molecule has 0 unspecified atom stereocenters. The van der Waals surface area contributed by atoms with Crippen LogP contribution in [0, 0.1) is 6.92 Å². The molecule has 0 aliphatic heterocycles. The van der Waals surface area contributed by atoms with Gasteiger partial charge in [0.05, 0.1) is 19.9 Å². The smallest absolute Gasteiger partial charge is 0.195 e. The number of carbonyl (C=O) groups is 1. The van der Waals surface area contributed by atoms with Gasteiger partial charge in [-0.1, -0.05) is 29.8 Å². The minimum Gasteiger partial charge on any atom is -0.493 e. The van der Waals surface area contributed by atoms with Crippen LogP contribution >= 0.6 is 11.3 Å². The second-order valence-corrected chi connectivity index (χ2v) is 6.97. The minimum absolute atomic E-state index is 0.542. The fourth-order valence-electron chi connectivity index (χ4n) is 3.11. The first kappa shape index (κ1) is 17.3. The lowest BCUT2D eigenvalue weighted by molar-refractivity contribution is 0.111. The van der Waals surface area contributed by atoms with Crippen molar-refractivity contribution in [1.82, 2.24) is 9.38 Å². The first-order valence-corrected chi connectivity index (χ1v) is 9.28. The third-order valence-electron chi connectivity index (χ3n) is 4.52. The molecule has 5 nitrogen and oxygen atoms in total. The van der Waals surface area contributed by atoms with Gasteiger partial charge < -0.3 is 9.47 Å². The maximum atomic E-state index is 11.9. The van der Waals surface area contributed by atoms with Gasteiger partial charge in [-0.15, -0.1) is 11.3 Å². The number of nitrogens with zero attached hydrogens (tertiary/aromatic N) is 2. The number of aromatic nitrogens is 2. The van der Waals surface area contributed by atoms with Crippen LogP contribution in [0.15, 0.2) is 47.8 Å². The summed E-state index contributed by atoms with van der Waals surface area (Å²) >= 11 is 1.50. The van der Waals surface area contributed by atoms with Crippen LogP contribution < -0.4 is 9.47 Å². The van der Waals surface area contributed by atoms with Gasteiger partial charge in [0.25, 0.3) is 0 Å². The Hall–Kier alpha value is -3.12. The number of ether oxygens (including phenoxy) is 2. The molecule has 0 N–H and O–H groups in total. The lowest BCUT2D eigenvalue weighted by Gasteiger charge is -2.09. The Morgan fingerprint density at radius 1 is 1.00 bits per heavy atom. The first-order valence-electron chi connectivity index (χ1n) is 8.41. The van der Waals surface area contributed by atoms with Gasteiger partial charge in [0.2, 0.25) is 0 Å². The number of fused-ring (bicyclic) bond motifs is 1. The summed E-state index contributed by atoms with van der Waals surface area (Å²) in [6.07, 6.45) is 0.867. The third-order valence-corrected chi connectivity index (χ3v) is 5.34. The second-order valence-electron chi connectivity index (χ2n) is 6.14. The van der Waals surface area contributed by atoms with Crippen LogP contribution in [0.3, 0.4) is 0 Å². The highest BCUT2D eigenvalue weighted by Crippen LogP contribution is 2.36. The lowest BCUT2D eigenvalue weighted by atomic mass is 10.1. The fraction of sp³-hybridized carbons (Fsp3) is 0.143. The molecule has 136 valence electrons. The Morgan fingerprint density at radius 3 is 2.37 bits per heavy atom. The van der Waals surface area contributed by atoms with Crippen LogP contribution in [0.2, 0.25) is 0 Å². The van der Waals surface area contributed by atoms with Crippen LogP contribution in [-0.4, -0.2) is 29.9 Å². The number of hydrogen-bond donors (Lipinski definition) is 0. The normalized spacial score (nSPS) is 10.9. The molecular weight excluding hydrogens is 360 g/mol. The number of carbonyl (C=O) groups excluding carboxylic acids is 1. The van der Waals surface area contributed by atoms with E-state index in [1.54, 1.807) is 14.2 Å². The summed E-state index contributed by atoms with van der Waals surface area (Å²) < 4.78 is 12.6. The zero-order chi connectivity index (χ0) is 19.0. The molecular formula is C21H18N2O3S. The maximum absolute atomic E-state index is 11.9. The fourth-order valence-corrected chi connectivity index (χ4v) is 4.01. The average Bonchev–Trinajstić information content (AvgIpc) is 3.27. The van der Waals surface area contributed by atoms with Crippen LogP contribution in [0.25, 0.3) is 27.5 Å². The standard InChI is InChI=1S/C21H18N2O3S/c1-13-4-6-14(7-5-13)20-16(11-24)23-17(12-27-21(23)22-20)15-8-9-18(25-2)19(10-15)26-3/h4-12H,1-3H3. The van der Waals surface area contributed by atoms with Crippen molar-refractivity contribution in [2.24, 2.45) is 0 Å². The number of aldehydes is 1. The highest BCUT2D eigenvalue weighted by Gasteiger charge is 2.19. The van der Waals surface area contributed by atoms with Gasteiger partial charge in [0, 0.05) is 16.5 Å². The van der Waals surface area contributed by atoms with Crippen molar-refractivity contribution in [3.8, 4) is 34.0 Å². The molecule has 2 heterocycles. The number of aryl methyl sites for hydroxylation is 1. The highest BCUT2D eigenvalue weighted by molar-refractivity contribution is 7.15. The number of methoxy groups -OCH3 is 2. The third kappa shape index (κ3) is 2.88. The lowest BCUT2D eigenvalue weighted by Crippen LogP contribution is -1.95. The molecule has 0 radical (unpaired) electrons. The zero-order valence-electron chi connectivity index (χ0n) is 15.2. The molecule has 4 rings (SSSR count). The van der Waals surface area contributed by atoms with Gasteiger partial charge in [-0.05, 0) is 25.1 Å². The zero-order valence-corrected chi connectivity index (χ0v) is 16.0. The van der Waals surface area contributed by atoms with Gasteiger partial charge in [0.1, 0.15) is 11.4 Å². The molecule has 0 atom stereocenters. The number of hydrogen-bond acceptors (Lipinski definition) is 5. The van der Waals surface area contributed by atoms with E-state index in [1.165, 1.54) is 16.9 Å².